The van der Waals surface area contributed by atoms with Gasteiger partial charge in [-0.15, -0.1) is 11.3 Å². The molecule has 1 aromatic heterocycles. The van der Waals surface area contributed by atoms with Crippen LogP contribution in [-0.4, -0.2) is 38.3 Å². The fraction of sp³-hybridized carbons (Fsp3) is 0.667. The molecule has 6 nitrogen and oxygen atoms in total. The summed E-state index contributed by atoms with van der Waals surface area (Å²) in [4.78, 5) is 5.16. The second-order valence-corrected chi connectivity index (χ2v) is 9.00. The number of sulfonamides is 1. The Kier molecular flexibility index (Phi) is 6.86. The monoisotopic (exact) mass is 358 g/mol. The molecule has 3 N–H and O–H groups in total. The molecular formula is C15H26N4O2S2. The molecular weight excluding hydrogens is 332 g/mol. The lowest BCUT2D eigenvalue weighted by Gasteiger charge is -2.25. The topological polar surface area (TPSA) is 87.8 Å². The first kappa shape index (κ1) is 18.2. The van der Waals surface area contributed by atoms with Gasteiger partial charge in [0.1, 0.15) is 4.21 Å². The van der Waals surface area contributed by atoms with E-state index in [0.29, 0.717) is 29.8 Å². The Morgan fingerprint density at radius 3 is 2.78 bits per heavy atom. The van der Waals surface area contributed by atoms with E-state index in [4.69, 9.17) is 5.73 Å². The molecule has 23 heavy (non-hydrogen) atoms. The minimum atomic E-state index is -3.34. The van der Waals surface area contributed by atoms with Crippen molar-refractivity contribution in [1.82, 2.24) is 9.62 Å². The second-order valence-electron chi connectivity index (χ2n) is 5.67. The van der Waals surface area contributed by atoms with Crippen LogP contribution >= 0.6 is 11.3 Å². The molecule has 1 aliphatic heterocycles. The molecule has 8 heteroatoms. The summed E-state index contributed by atoms with van der Waals surface area (Å²) in [5.41, 5.74) is 5.79. The Morgan fingerprint density at radius 1 is 1.35 bits per heavy atom. The predicted octanol–water partition coefficient (Wildman–Crippen LogP) is 2.13. The average Bonchev–Trinajstić information content (AvgIpc) is 3.04. The number of nitrogens with one attached hydrogen (secondary N) is 1. The summed E-state index contributed by atoms with van der Waals surface area (Å²) >= 11 is 1.28. The molecule has 0 radical (unpaired) electrons. The van der Waals surface area contributed by atoms with Gasteiger partial charge >= 0.3 is 0 Å². The first-order valence-electron chi connectivity index (χ1n) is 8.16. The van der Waals surface area contributed by atoms with E-state index in [-0.39, 0.29) is 0 Å². The van der Waals surface area contributed by atoms with Gasteiger partial charge < -0.3 is 11.1 Å². The lowest BCUT2D eigenvalue weighted by atomic mass is 10.2. The number of aliphatic imine (C=N–C) groups is 1. The molecule has 0 aromatic carbocycles. The van der Waals surface area contributed by atoms with E-state index in [2.05, 4.69) is 17.2 Å². The average molecular weight is 359 g/mol. The molecule has 2 rings (SSSR count). The van der Waals surface area contributed by atoms with Crippen molar-refractivity contribution in [3.8, 4) is 0 Å². The molecule has 1 aliphatic rings. The van der Waals surface area contributed by atoms with E-state index in [9.17, 15) is 8.42 Å². The molecule has 0 amide bonds. The predicted molar refractivity (Wildman–Crippen MR) is 95.2 cm³/mol. The van der Waals surface area contributed by atoms with Gasteiger partial charge in [0.2, 0.25) is 0 Å². The van der Waals surface area contributed by atoms with Gasteiger partial charge in [0.25, 0.3) is 10.0 Å². The quantitative estimate of drug-likeness (QED) is 0.444. The minimum Gasteiger partial charge on any atom is -0.370 e. The maximum absolute atomic E-state index is 12.6. The number of unbranched alkanes of at least 4 members (excludes halogenated alkanes) is 1. The number of piperidine rings is 1. The van der Waals surface area contributed by atoms with E-state index < -0.39 is 10.0 Å². The zero-order valence-electron chi connectivity index (χ0n) is 13.6. The second kappa shape index (κ2) is 8.65. The molecule has 0 unspecified atom stereocenters. The van der Waals surface area contributed by atoms with Gasteiger partial charge in [0.05, 0.1) is 6.54 Å². The Labute approximate surface area is 142 Å². The van der Waals surface area contributed by atoms with Crippen molar-refractivity contribution < 1.29 is 8.42 Å². The van der Waals surface area contributed by atoms with Crippen LogP contribution in [0.2, 0.25) is 0 Å². The van der Waals surface area contributed by atoms with Gasteiger partial charge in [0.15, 0.2) is 5.96 Å². The van der Waals surface area contributed by atoms with E-state index in [1.165, 1.54) is 11.3 Å². The van der Waals surface area contributed by atoms with Crippen molar-refractivity contribution in [3.05, 3.63) is 17.0 Å². The first-order chi connectivity index (χ1) is 11.0. The van der Waals surface area contributed by atoms with Crippen LogP contribution in [0.5, 0.6) is 0 Å². The van der Waals surface area contributed by atoms with Gasteiger partial charge in [-0.05, 0) is 31.4 Å². The van der Waals surface area contributed by atoms with Crippen LogP contribution in [0.15, 0.2) is 21.3 Å². The van der Waals surface area contributed by atoms with Gasteiger partial charge in [0, 0.05) is 24.5 Å². The maximum atomic E-state index is 12.6. The Hall–Kier alpha value is -1.12. The van der Waals surface area contributed by atoms with Crippen molar-refractivity contribution >= 4 is 27.3 Å². The summed E-state index contributed by atoms with van der Waals surface area (Å²) in [6.07, 6.45) is 5.15. The zero-order chi connectivity index (χ0) is 16.7. The standard InChI is InChI=1S/C15H26N4O2S2/c1-2-3-9-17-15(16)18-12-13-7-8-14(22-13)23(20,21)19-10-5-4-6-11-19/h7-8H,2-6,9-12H2,1H3,(H3,16,17,18). The lowest BCUT2D eigenvalue weighted by Crippen LogP contribution is -2.35. The van der Waals surface area contributed by atoms with Crippen LogP contribution in [0.4, 0.5) is 0 Å². The summed E-state index contributed by atoms with van der Waals surface area (Å²) in [7, 11) is -3.34. The summed E-state index contributed by atoms with van der Waals surface area (Å²) in [6, 6.07) is 3.50. The van der Waals surface area contributed by atoms with Gasteiger partial charge in [-0.1, -0.05) is 19.8 Å². The van der Waals surface area contributed by atoms with Crippen LogP contribution in [0.25, 0.3) is 0 Å². The lowest BCUT2D eigenvalue weighted by molar-refractivity contribution is 0.347. The van der Waals surface area contributed by atoms with Crippen LogP contribution < -0.4 is 11.1 Å². The van der Waals surface area contributed by atoms with E-state index in [1.807, 2.05) is 6.07 Å². The maximum Gasteiger partial charge on any atom is 0.252 e. The smallest absolute Gasteiger partial charge is 0.252 e. The number of nitrogens with zero attached hydrogens (tertiary/aromatic N) is 2. The number of rotatable bonds is 7. The normalized spacial score (nSPS) is 17.3. The van der Waals surface area contributed by atoms with Crippen molar-refractivity contribution in [2.45, 2.75) is 49.8 Å². The van der Waals surface area contributed by atoms with Crippen molar-refractivity contribution in [1.29, 1.82) is 0 Å². The third-order valence-corrected chi connectivity index (χ3v) is 7.22. The number of hydrogen-bond acceptors (Lipinski definition) is 4. The van der Waals surface area contributed by atoms with Crippen molar-refractivity contribution in [2.75, 3.05) is 19.6 Å². The SMILES string of the molecule is CCCCNC(N)=NCc1ccc(S(=O)(=O)N2CCCCC2)s1. The van der Waals surface area contributed by atoms with Crippen molar-refractivity contribution in [2.24, 2.45) is 10.7 Å². The van der Waals surface area contributed by atoms with Crippen LogP contribution in [0, 0.1) is 0 Å². The highest BCUT2D eigenvalue weighted by atomic mass is 32.2. The molecule has 1 fully saturated rings. The Bertz CT molecular complexity index is 619. The molecule has 0 atom stereocenters. The molecule has 130 valence electrons. The largest absolute Gasteiger partial charge is 0.370 e. The van der Waals surface area contributed by atoms with E-state index in [1.54, 1.807) is 10.4 Å². The third-order valence-electron chi connectivity index (χ3n) is 3.79. The summed E-state index contributed by atoms with van der Waals surface area (Å²) < 4.78 is 27.2. The summed E-state index contributed by atoms with van der Waals surface area (Å²) in [6.45, 7) is 4.59. The highest BCUT2D eigenvalue weighted by molar-refractivity contribution is 7.91. The highest BCUT2D eigenvalue weighted by Crippen LogP contribution is 2.27. The summed E-state index contributed by atoms with van der Waals surface area (Å²) in [5, 5.41) is 3.05. The van der Waals surface area contributed by atoms with E-state index in [0.717, 1.165) is 43.5 Å². The van der Waals surface area contributed by atoms with Gasteiger partial charge in [-0.25, -0.2) is 13.4 Å². The van der Waals surface area contributed by atoms with Crippen LogP contribution in [0.1, 0.15) is 43.9 Å². The van der Waals surface area contributed by atoms with Crippen LogP contribution in [0.3, 0.4) is 0 Å². The molecule has 1 saturated heterocycles. The Morgan fingerprint density at radius 2 is 2.09 bits per heavy atom. The fourth-order valence-electron chi connectivity index (χ4n) is 2.43. The third kappa shape index (κ3) is 5.19. The molecule has 2 heterocycles. The molecule has 0 saturated carbocycles. The molecule has 0 bridgehead atoms. The van der Waals surface area contributed by atoms with E-state index >= 15 is 0 Å². The number of guanidine groups is 1. The summed E-state index contributed by atoms with van der Waals surface area (Å²) in [5.74, 6) is 0.410. The van der Waals surface area contributed by atoms with Crippen molar-refractivity contribution in [3.63, 3.8) is 0 Å². The van der Waals surface area contributed by atoms with Gasteiger partial charge in [-0.2, -0.15) is 4.31 Å². The number of nitrogens with two attached hydrogens (primary N) is 1. The first-order valence-corrected chi connectivity index (χ1v) is 10.4. The highest BCUT2D eigenvalue weighted by Gasteiger charge is 2.27. The zero-order valence-corrected chi connectivity index (χ0v) is 15.3. The number of hydrogen-bond donors (Lipinski definition) is 2. The molecule has 1 aromatic rings. The molecule has 0 aliphatic carbocycles. The number of thiophene rings is 1. The van der Waals surface area contributed by atoms with Crippen LogP contribution in [-0.2, 0) is 16.6 Å². The fourth-order valence-corrected chi connectivity index (χ4v) is 5.38. The minimum absolute atomic E-state index is 0.405. The molecule has 0 spiro atoms. The Balaban J connectivity index is 1.96. The van der Waals surface area contributed by atoms with Gasteiger partial charge in [-0.3, -0.25) is 0 Å².